The second-order valence-electron chi connectivity index (χ2n) is 5.25. The van der Waals surface area contributed by atoms with Crippen molar-refractivity contribution < 1.29 is 9.22 Å². The zero-order valence-electron chi connectivity index (χ0n) is 10.7. The van der Waals surface area contributed by atoms with Gasteiger partial charge >= 0.3 is 0 Å². The molecular formula is C13H20O2Si. The van der Waals surface area contributed by atoms with E-state index in [0.717, 1.165) is 23.2 Å². The van der Waals surface area contributed by atoms with Crippen molar-refractivity contribution in [2.24, 2.45) is 0 Å². The summed E-state index contributed by atoms with van der Waals surface area (Å²) >= 11 is 0. The number of carbonyl (C=O) groups excluding carboxylic acids is 1. The fourth-order valence-electron chi connectivity index (χ4n) is 1.80. The number of aldehydes is 1. The maximum absolute atomic E-state index is 11.1. The van der Waals surface area contributed by atoms with Crippen LogP contribution in [0.25, 0.3) is 0 Å². The SMILES string of the molecule is C[SiH](C)Oc1cccc(C=O)c1C(C)(C)C. The summed E-state index contributed by atoms with van der Waals surface area (Å²) in [6.45, 7) is 10.6. The lowest BCUT2D eigenvalue weighted by atomic mass is 9.83. The molecule has 0 aromatic heterocycles. The molecule has 0 aliphatic heterocycles. The van der Waals surface area contributed by atoms with E-state index in [4.69, 9.17) is 4.43 Å². The van der Waals surface area contributed by atoms with Crippen LogP contribution in [-0.2, 0) is 5.41 Å². The van der Waals surface area contributed by atoms with Crippen molar-refractivity contribution in [3.05, 3.63) is 29.3 Å². The third-order valence-electron chi connectivity index (χ3n) is 2.30. The molecule has 0 unspecified atom stereocenters. The summed E-state index contributed by atoms with van der Waals surface area (Å²) in [4.78, 5) is 11.1. The van der Waals surface area contributed by atoms with E-state index in [0.29, 0.717) is 0 Å². The highest BCUT2D eigenvalue weighted by atomic mass is 28.3. The summed E-state index contributed by atoms with van der Waals surface area (Å²) in [6, 6.07) is 5.69. The van der Waals surface area contributed by atoms with Gasteiger partial charge in [-0.05, 0) is 24.6 Å². The molecule has 1 rings (SSSR count). The smallest absolute Gasteiger partial charge is 0.229 e. The van der Waals surface area contributed by atoms with Crippen LogP contribution in [-0.4, -0.2) is 15.3 Å². The van der Waals surface area contributed by atoms with Gasteiger partial charge in [0.1, 0.15) is 12.0 Å². The Balaban J connectivity index is 3.32. The fourth-order valence-corrected chi connectivity index (χ4v) is 2.51. The van der Waals surface area contributed by atoms with Gasteiger partial charge in [-0.2, -0.15) is 0 Å². The Morgan fingerprint density at radius 1 is 1.25 bits per heavy atom. The zero-order valence-corrected chi connectivity index (χ0v) is 11.9. The van der Waals surface area contributed by atoms with Crippen molar-refractivity contribution in [1.82, 2.24) is 0 Å². The quantitative estimate of drug-likeness (QED) is 0.595. The van der Waals surface area contributed by atoms with Crippen molar-refractivity contribution in [2.45, 2.75) is 39.3 Å². The van der Waals surface area contributed by atoms with Gasteiger partial charge in [-0.3, -0.25) is 4.79 Å². The van der Waals surface area contributed by atoms with Crippen molar-refractivity contribution in [1.29, 1.82) is 0 Å². The summed E-state index contributed by atoms with van der Waals surface area (Å²) in [5, 5.41) is 0. The Bertz CT molecular complexity index is 378. The first-order valence-corrected chi connectivity index (χ1v) is 8.39. The van der Waals surface area contributed by atoms with E-state index < -0.39 is 9.04 Å². The van der Waals surface area contributed by atoms with Crippen LogP contribution in [0.5, 0.6) is 5.75 Å². The molecule has 0 amide bonds. The molecule has 0 fully saturated rings. The van der Waals surface area contributed by atoms with Crippen LogP contribution in [0.3, 0.4) is 0 Å². The molecule has 0 bridgehead atoms. The lowest BCUT2D eigenvalue weighted by Gasteiger charge is -2.25. The van der Waals surface area contributed by atoms with E-state index in [1.165, 1.54) is 0 Å². The number of carbonyl (C=O) groups is 1. The average molecular weight is 236 g/mol. The van der Waals surface area contributed by atoms with Crippen LogP contribution in [0, 0.1) is 0 Å². The maximum atomic E-state index is 11.1. The first-order chi connectivity index (χ1) is 7.36. The first kappa shape index (κ1) is 13.0. The summed E-state index contributed by atoms with van der Waals surface area (Å²) in [6.07, 6.45) is 0.912. The van der Waals surface area contributed by atoms with E-state index in [-0.39, 0.29) is 5.41 Å². The normalized spacial score (nSPS) is 11.6. The molecule has 3 heteroatoms. The molecule has 0 spiro atoms. The Kier molecular flexibility index (Phi) is 3.91. The van der Waals surface area contributed by atoms with E-state index in [9.17, 15) is 4.79 Å². The number of benzene rings is 1. The van der Waals surface area contributed by atoms with E-state index in [1.807, 2.05) is 18.2 Å². The topological polar surface area (TPSA) is 26.3 Å². The monoisotopic (exact) mass is 236 g/mol. The van der Waals surface area contributed by atoms with Gasteiger partial charge in [-0.25, -0.2) is 0 Å². The summed E-state index contributed by atoms with van der Waals surface area (Å²) in [7, 11) is -1.14. The molecule has 0 heterocycles. The van der Waals surface area contributed by atoms with Crippen LogP contribution >= 0.6 is 0 Å². The Morgan fingerprint density at radius 2 is 1.88 bits per heavy atom. The van der Waals surface area contributed by atoms with Crippen molar-refractivity contribution in [2.75, 3.05) is 0 Å². The third kappa shape index (κ3) is 2.95. The predicted octanol–water partition coefficient (Wildman–Crippen LogP) is 3.16. The number of hydrogen-bond donors (Lipinski definition) is 0. The summed E-state index contributed by atoms with van der Waals surface area (Å²) in [5.74, 6) is 0.874. The summed E-state index contributed by atoms with van der Waals surface area (Å²) < 4.78 is 5.89. The van der Waals surface area contributed by atoms with Crippen LogP contribution in [0.15, 0.2) is 18.2 Å². The van der Waals surface area contributed by atoms with Gasteiger partial charge in [-0.15, -0.1) is 0 Å². The number of hydrogen-bond acceptors (Lipinski definition) is 2. The lowest BCUT2D eigenvalue weighted by molar-refractivity contribution is 0.112. The molecule has 0 aliphatic carbocycles. The molecular weight excluding hydrogens is 216 g/mol. The van der Waals surface area contributed by atoms with E-state index in [1.54, 1.807) is 0 Å². The molecule has 0 aliphatic rings. The minimum atomic E-state index is -1.14. The molecule has 0 saturated heterocycles. The second-order valence-corrected chi connectivity index (χ2v) is 7.59. The molecule has 1 aromatic carbocycles. The van der Waals surface area contributed by atoms with Crippen molar-refractivity contribution in [3.63, 3.8) is 0 Å². The van der Waals surface area contributed by atoms with Crippen LogP contribution in [0.1, 0.15) is 36.7 Å². The van der Waals surface area contributed by atoms with Gasteiger partial charge in [0.05, 0.1) is 0 Å². The van der Waals surface area contributed by atoms with Gasteiger partial charge < -0.3 is 4.43 Å². The minimum Gasteiger partial charge on any atom is -0.547 e. The van der Waals surface area contributed by atoms with Crippen LogP contribution < -0.4 is 4.43 Å². The van der Waals surface area contributed by atoms with Gasteiger partial charge in [0.2, 0.25) is 9.04 Å². The highest BCUT2D eigenvalue weighted by molar-refractivity contribution is 6.49. The predicted molar refractivity (Wildman–Crippen MR) is 70.0 cm³/mol. The van der Waals surface area contributed by atoms with Crippen molar-refractivity contribution in [3.8, 4) is 5.75 Å². The van der Waals surface area contributed by atoms with Gasteiger partial charge in [-0.1, -0.05) is 32.9 Å². The van der Waals surface area contributed by atoms with Gasteiger partial charge in [0, 0.05) is 11.1 Å². The highest BCUT2D eigenvalue weighted by Crippen LogP contribution is 2.33. The molecule has 88 valence electrons. The molecule has 1 aromatic rings. The Hall–Kier alpha value is -1.09. The number of rotatable bonds is 3. The second kappa shape index (κ2) is 4.83. The molecule has 0 radical (unpaired) electrons. The molecule has 0 atom stereocenters. The van der Waals surface area contributed by atoms with E-state index in [2.05, 4.69) is 33.9 Å². The zero-order chi connectivity index (χ0) is 12.3. The van der Waals surface area contributed by atoms with Crippen molar-refractivity contribution >= 4 is 15.3 Å². The largest absolute Gasteiger partial charge is 0.547 e. The average Bonchev–Trinajstić information content (AvgIpc) is 2.14. The molecule has 2 nitrogen and oxygen atoms in total. The standard InChI is InChI=1S/C13H20O2Si/c1-13(2,3)12-10(9-14)7-6-8-11(12)15-16(4)5/h6-9,16H,1-5H3. The molecule has 0 saturated carbocycles. The minimum absolute atomic E-state index is 0.0733. The third-order valence-corrected chi connectivity index (χ3v) is 3.02. The lowest BCUT2D eigenvalue weighted by Crippen LogP contribution is -2.20. The Morgan fingerprint density at radius 3 is 2.31 bits per heavy atom. The van der Waals surface area contributed by atoms with E-state index >= 15 is 0 Å². The fraction of sp³-hybridized carbons (Fsp3) is 0.462. The maximum Gasteiger partial charge on any atom is 0.229 e. The van der Waals surface area contributed by atoms with Crippen LogP contribution in [0.4, 0.5) is 0 Å². The van der Waals surface area contributed by atoms with Gasteiger partial charge in [0.15, 0.2) is 0 Å². The highest BCUT2D eigenvalue weighted by Gasteiger charge is 2.22. The first-order valence-electron chi connectivity index (χ1n) is 5.61. The van der Waals surface area contributed by atoms with Gasteiger partial charge in [0.25, 0.3) is 0 Å². The molecule has 16 heavy (non-hydrogen) atoms. The van der Waals surface area contributed by atoms with Crippen LogP contribution in [0.2, 0.25) is 13.1 Å². The molecule has 0 N–H and O–H groups in total. The Labute approximate surface area is 99.4 Å². The summed E-state index contributed by atoms with van der Waals surface area (Å²) in [5.41, 5.74) is 1.68.